The predicted molar refractivity (Wildman–Crippen MR) is 80.6 cm³/mol. The van der Waals surface area contributed by atoms with E-state index in [1.165, 1.54) is 18.4 Å². The zero-order valence-electron chi connectivity index (χ0n) is 13.0. The summed E-state index contributed by atoms with van der Waals surface area (Å²) in [7, 11) is 0. The molecule has 0 aromatic carbocycles. The van der Waals surface area contributed by atoms with E-state index in [1.807, 2.05) is 0 Å². The van der Waals surface area contributed by atoms with Gasteiger partial charge in [-0.25, -0.2) is 0 Å². The zero-order valence-corrected chi connectivity index (χ0v) is 13.0. The van der Waals surface area contributed by atoms with Gasteiger partial charge in [-0.15, -0.1) is 0 Å². The van der Waals surface area contributed by atoms with Crippen LogP contribution in [0.5, 0.6) is 0 Å². The summed E-state index contributed by atoms with van der Waals surface area (Å²) in [4.78, 5) is 2.45. The highest BCUT2D eigenvalue weighted by molar-refractivity contribution is 5.17. The Morgan fingerprint density at radius 1 is 1.50 bits per heavy atom. The molecule has 0 bridgehead atoms. The molecule has 0 radical (unpaired) electrons. The van der Waals surface area contributed by atoms with Crippen molar-refractivity contribution >= 4 is 0 Å². The molecule has 0 saturated carbocycles. The van der Waals surface area contributed by atoms with E-state index in [4.69, 9.17) is 9.15 Å². The average molecular weight is 280 g/mol. The molecule has 1 aliphatic rings. The van der Waals surface area contributed by atoms with Gasteiger partial charge in [0.1, 0.15) is 5.76 Å². The Labute approximate surface area is 122 Å². The van der Waals surface area contributed by atoms with Gasteiger partial charge < -0.3 is 14.5 Å². The van der Waals surface area contributed by atoms with Crippen molar-refractivity contribution in [3.05, 3.63) is 23.7 Å². The first-order valence-corrected chi connectivity index (χ1v) is 7.81. The van der Waals surface area contributed by atoms with Crippen LogP contribution in [0.3, 0.4) is 0 Å². The van der Waals surface area contributed by atoms with Gasteiger partial charge in [0.2, 0.25) is 0 Å². The van der Waals surface area contributed by atoms with Gasteiger partial charge in [0.15, 0.2) is 0 Å². The van der Waals surface area contributed by atoms with Gasteiger partial charge in [-0.1, -0.05) is 13.8 Å². The summed E-state index contributed by atoms with van der Waals surface area (Å²) < 4.78 is 11.4. The maximum atomic E-state index is 5.76. The van der Waals surface area contributed by atoms with Crippen molar-refractivity contribution in [1.82, 2.24) is 10.2 Å². The van der Waals surface area contributed by atoms with Crippen LogP contribution in [0.1, 0.15) is 44.9 Å². The van der Waals surface area contributed by atoms with Crippen molar-refractivity contribution < 1.29 is 9.15 Å². The summed E-state index contributed by atoms with van der Waals surface area (Å²) in [5, 5.41) is 3.45. The van der Waals surface area contributed by atoms with E-state index in [0.717, 1.165) is 38.5 Å². The van der Waals surface area contributed by atoms with Crippen LogP contribution in [-0.4, -0.2) is 36.7 Å². The van der Waals surface area contributed by atoms with Gasteiger partial charge in [-0.3, -0.25) is 4.90 Å². The third kappa shape index (κ3) is 4.62. The maximum absolute atomic E-state index is 5.76. The molecule has 114 valence electrons. The number of ether oxygens (including phenoxy) is 1. The SMILES string of the molecule is CCOC1CCCN(Cc2occc2CNC(C)C)C1. The molecule has 1 aliphatic heterocycles. The van der Waals surface area contributed by atoms with E-state index in [2.05, 4.69) is 37.1 Å². The standard InChI is InChI=1S/C16H28N2O2/c1-4-19-15-6-5-8-18(11-15)12-16-14(7-9-20-16)10-17-13(2)3/h7,9,13,15,17H,4-6,8,10-12H2,1-3H3. The highest BCUT2D eigenvalue weighted by Gasteiger charge is 2.21. The summed E-state index contributed by atoms with van der Waals surface area (Å²) in [6, 6.07) is 2.57. The van der Waals surface area contributed by atoms with Crippen molar-refractivity contribution in [1.29, 1.82) is 0 Å². The molecular weight excluding hydrogens is 252 g/mol. The van der Waals surface area contributed by atoms with E-state index in [9.17, 15) is 0 Å². The summed E-state index contributed by atoms with van der Waals surface area (Å²) in [5.41, 5.74) is 1.28. The first-order valence-electron chi connectivity index (χ1n) is 7.81. The molecule has 1 saturated heterocycles. The summed E-state index contributed by atoms with van der Waals surface area (Å²) in [6.45, 7) is 11.1. The Morgan fingerprint density at radius 3 is 3.10 bits per heavy atom. The molecule has 2 rings (SSSR count). The minimum atomic E-state index is 0.390. The number of nitrogens with zero attached hydrogens (tertiary/aromatic N) is 1. The largest absolute Gasteiger partial charge is 0.468 e. The molecule has 1 unspecified atom stereocenters. The molecule has 4 heteroatoms. The molecule has 0 spiro atoms. The maximum Gasteiger partial charge on any atom is 0.122 e. The Bertz CT molecular complexity index is 388. The van der Waals surface area contributed by atoms with Gasteiger partial charge >= 0.3 is 0 Å². The van der Waals surface area contributed by atoms with E-state index in [-0.39, 0.29) is 0 Å². The van der Waals surface area contributed by atoms with Crippen molar-refractivity contribution in [3.63, 3.8) is 0 Å². The number of nitrogens with one attached hydrogen (secondary N) is 1. The Kier molecular flexibility index (Phi) is 6.07. The van der Waals surface area contributed by atoms with E-state index in [0.29, 0.717) is 12.1 Å². The van der Waals surface area contributed by atoms with Crippen molar-refractivity contribution in [2.75, 3.05) is 19.7 Å². The number of likely N-dealkylation sites (tertiary alicyclic amines) is 1. The molecule has 0 aliphatic carbocycles. The highest BCUT2D eigenvalue weighted by atomic mass is 16.5. The lowest BCUT2D eigenvalue weighted by atomic mass is 10.1. The molecular formula is C16H28N2O2. The summed E-state index contributed by atoms with van der Waals surface area (Å²) in [5.74, 6) is 1.09. The lowest BCUT2D eigenvalue weighted by Gasteiger charge is -2.32. The topological polar surface area (TPSA) is 37.6 Å². The van der Waals surface area contributed by atoms with Crippen molar-refractivity contribution in [2.45, 2.75) is 58.8 Å². The number of furan rings is 1. The minimum absolute atomic E-state index is 0.390. The smallest absolute Gasteiger partial charge is 0.122 e. The van der Waals surface area contributed by atoms with Crippen LogP contribution < -0.4 is 5.32 Å². The third-order valence-corrected chi connectivity index (χ3v) is 3.77. The number of hydrogen-bond donors (Lipinski definition) is 1. The second kappa shape index (κ2) is 7.81. The third-order valence-electron chi connectivity index (χ3n) is 3.77. The van der Waals surface area contributed by atoms with Gasteiger partial charge in [-0.05, 0) is 32.4 Å². The Morgan fingerprint density at radius 2 is 2.35 bits per heavy atom. The monoisotopic (exact) mass is 280 g/mol. The minimum Gasteiger partial charge on any atom is -0.468 e. The number of piperidine rings is 1. The molecule has 20 heavy (non-hydrogen) atoms. The van der Waals surface area contributed by atoms with E-state index >= 15 is 0 Å². The average Bonchev–Trinajstić information content (AvgIpc) is 2.84. The van der Waals surface area contributed by atoms with Gasteiger partial charge in [0, 0.05) is 31.3 Å². The molecule has 1 fully saturated rings. The molecule has 1 N–H and O–H groups in total. The number of hydrogen-bond acceptors (Lipinski definition) is 4. The molecule has 1 aromatic heterocycles. The lowest BCUT2D eigenvalue weighted by molar-refractivity contribution is 0.00191. The molecule has 4 nitrogen and oxygen atoms in total. The van der Waals surface area contributed by atoms with Crippen LogP contribution >= 0.6 is 0 Å². The quantitative estimate of drug-likeness (QED) is 0.833. The molecule has 1 atom stereocenters. The zero-order chi connectivity index (χ0) is 14.4. The molecule has 1 aromatic rings. The van der Waals surface area contributed by atoms with Gasteiger partial charge in [0.05, 0.1) is 18.9 Å². The fourth-order valence-electron chi connectivity index (χ4n) is 2.71. The molecule has 2 heterocycles. The van der Waals surface area contributed by atoms with Crippen LogP contribution in [0.25, 0.3) is 0 Å². The number of rotatable bonds is 7. The van der Waals surface area contributed by atoms with Crippen molar-refractivity contribution in [3.8, 4) is 0 Å². The second-order valence-corrected chi connectivity index (χ2v) is 5.86. The van der Waals surface area contributed by atoms with Gasteiger partial charge in [-0.2, -0.15) is 0 Å². The highest BCUT2D eigenvalue weighted by Crippen LogP contribution is 2.19. The normalized spacial score (nSPS) is 20.7. The van der Waals surface area contributed by atoms with E-state index in [1.54, 1.807) is 6.26 Å². The van der Waals surface area contributed by atoms with Crippen LogP contribution in [0.15, 0.2) is 16.7 Å². The van der Waals surface area contributed by atoms with Crippen LogP contribution in [0, 0.1) is 0 Å². The van der Waals surface area contributed by atoms with Crippen LogP contribution in [-0.2, 0) is 17.8 Å². The van der Waals surface area contributed by atoms with Gasteiger partial charge in [0.25, 0.3) is 0 Å². The fraction of sp³-hybridized carbons (Fsp3) is 0.750. The van der Waals surface area contributed by atoms with Crippen LogP contribution in [0.2, 0.25) is 0 Å². The van der Waals surface area contributed by atoms with Crippen molar-refractivity contribution in [2.24, 2.45) is 0 Å². The lowest BCUT2D eigenvalue weighted by Crippen LogP contribution is -2.39. The Hall–Kier alpha value is -0.840. The second-order valence-electron chi connectivity index (χ2n) is 5.86. The predicted octanol–water partition coefficient (Wildman–Crippen LogP) is 2.78. The Balaban J connectivity index is 1.87. The first-order chi connectivity index (χ1) is 9.69. The van der Waals surface area contributed by atoms with Crippen LogP contribution in [0.4, 0.5) is 0 Å². The summed E-state index contributed by atoms with van der Waals surface area (Å²) in [6.07, 6.45) is 4.59. The fourth-order valence-corrected chi connectivity index (χ4v) is 2.71. The van der Waals surface area contributed by atoms with E-state index < -0.39 is 0 Å². The first kappa shape index (κ1) is 15.5. The molecule has 0 amide bonds. The summed E-state index contributed by atoms with van der Waals surface area (Å²) >= 11 is 0.